The number of ether oxygens (including phenoxy) is 1. The first-order valence-corrected chi connectivity index (χ1v) is 9.91. The summed E-state index contributed by atoms with van der Waals surface area (Å²) in [5, 5.41) is 0.0402. The topological polar surface area (TPSA) is 80.8 Å². The van der Waals surface area contributed by atoms with Gasteiger partial charge in [0.1, 0.15) is 0 Å². The molecule has 0 bridgehead atoms. The minimum Gasteiger partial charge on any atom is -0.449 e. The molecule has 1 amide bonds. The minimum absolute atomic E-state index is 0.0402. The van der Waals surface area contributed by atoms with Crippen molar-refractivity contribution in [1.82, 2.24) is 0 Å². The number of para-hydroxylation sites is 1. The zero-order chi connectivity index (χ0) is 19.5. The zero-order valence-corrected chi connectivity index (χ0v) is 16.0. The number of hydrogen-bond acceptors (Lipinski definition) is 5. The third-order valence-electron chi connectivity index (χ3n) is 3.69. The van der Waals surface area contributed by atoms with Gasteiger partial charge in [0.2, 0.25) is 0 Å². The van der Waals surface area contributed by atoms with Crippen LogP contribution < -0.4 is 4.90 Å². The van der Waals surface area contributed by atoms with Crippen molar-refractivity contribution in [1.29, 1.82) is 0 Å². The van der Waals surface area contributed by atoms with Gasteiger partial charge in [-0.25, -0.2) is 13.2 Å². The summed E-state index contributed by atoms with van der Waals surface area (Å²) in [7, 11) is -1.94. The van der Waals surface area contributed by atoms with Crippen LogP contribution in [0.2, 0.25) is 5.02 Å². The Hall–Kier alpha value is -2.38. The highest BCUT2D eigenvalue weighted by Crippen LogP contribution is 2.22. The molecular weight excluding hydrogens is 378 g/mol. The molecule has 0 unspecified atom stereocenters. The number of anilines is 1. The molecule has 1 atom stereocenters. The van der Waals surface area contributed by atoms with Gasteiger partial charge in [0.05, 0.1) is 15.5 Å². The number of amides is 1. The summed E-state index contributed by atoms with van der Waals surface area (Å²) < 4.78 is 28.5. The molecule has 2 aromatic carbocycles. The van der Waals surface area contributed by atoms with Gasteiger partial charge in [0.25, 0.3) is 5.91 Å². The fraction of sp³-hybridized carbons (Fsp3) is 0.222. The summed E-state index contributed by atoms with van der Waals surface area (Å²) in [4.78, 5) is 26.1. The Labute approximate surface area is 157 Å². The number of sulfone groups is 1. The Bertz CT molecular complexity index is 928. The number of carbonyl (C=O) groups excluding carboxylic acids is 2. The zero-order valence-electron chi connectivity index (χ0n) is 14.5. The largest absolute Gasteiger partial charge is 0.449 e. The standard InChI is InChI=1S/C18H18ClNO5S/c1-12(17(21)20(2)13-7-5-4-6-8-13)25-18(22)15-11-14(26(3,23)24)9-10-16(15)19/h4-12H,1-3H3/t12-/m0/s1. The minimum atomic E-state index is -3.51. The lowest BCUT2D eigenvalue weighted by molar-refractivity contribution is -0.126. The van der Waals surface area contributed by atoms with E-state index in [1.807, 2.05) is 6.07 Å². The monoisotopic (exact) mass is 395 g/mol. The smallest absolute Gasteiger partial charge is 0.340 e. The number of nitrogens with zero attached hydrogens (tertiary/aromatic N) is 1. The van der Waals surface area contributed by atoms with Gasteiger partial charge < -0.3 is 9.64 Å². The number of carbonyl (C=O) groups is 2. The second-order valence-corrected chi connectivity index (χ2v) is 8.12. The molecule has 2 aromatic rings. The van der Waals surface area contributed by atoms with Gasteiger partial charge in [-0.2, -0.15) is 0 Å². The van der Waals surface area contributed by atoms with Crippen molar-refractivity contribution in [3.63, 3.8) is 0 Å². The maximum Gasteiger partial charge on any atom is 0.340 e. The number of hydrogen-bond donors (Lipinski definition) is 0. The van der Waals surface area contributed by atoms with Crippen LogP contribution in [0, 0.1) is 0 Å². The molecule has 0 heterocycles. The lowest BCUT2D eigenvalue weighted by Gasteiger charge is -2.21. The lowest BCUT2D eigenvalue weighted by atomic mass is 10.2. The van der Waals surface area contributed by atoms with Crippen LogP contribution in [0.1, 0.15) is 17.3 Å². The molecule has 0 N–H and O–H groups in total. The van der Waals surface area contributed by atoms with E-state index in [1.165, 1.54) is 24.0 Å². The Morgan fingerprint density at radius 2 is 1.73 bits per heavy atom. The van der Waals surface area contributed by atoms with Crippen molar-refractivity contribution in [3.8, 4) is 0 Å². The Balaban J connectivity index is 2.18. The first-order valence-electron chi connectivity index (χ1n) is 7.64. The highest BCUT2D eigenvalue weighted by atomic mass is 35.5. The summed E-state index contributed by atoms with van der Waals surface area (Å²) >= 11 is 5.97. The first kappa shape index (κ1) is 19.9. The lowest BCUT2D eigenvalue weighted by Crippen LogP contribution is -2.37. The molecule has 0 aliphatic heterocycles. The number of esters is 1. The summed E-state index contributed by atoms with van der Waals surface area (Å²) in [6.45, 7) is 1.44. The van der Waals surface area contributed by atoms with E-state index in [-0.39, 0.29) is 15.5 Å². The van der Waals surface area contributed by atoms with E-state index >= 15 is 0 Å². The van der Waals surface area contributed by atoms with E-state index in [2.05, 4.69) is 0 Å². The molecular formula is C18H18ClNO5S. The van der Waals surface area contributed by atoms with E-state index in [9.17, 15) is 18.0 Å². The van der Waals surface area contributed by atoms with Crippen LogP contribution in [0.3, 0.4) is 0 Å². The molecule has 6 nitrogen and oxygen atoms in total. The van der Waals surface area contributed by atoms with Crippen molar-refractivity contribution in [2.75, 3.05) is 18.2 Å². The highest BCUT2D eigenvalue weighted by Gasteiger charge is 2.25. The Kier molecular flexibility index (Phi) is 6.05. The molecule has 0 saturated carbocycles. The number of benzene rings is 2. The maximum absolute atomic E-state index is 12.4. The van der Waals surface area contributed by atoms with Crippen molar-refractivity contribution >= 4 is 39.0 Å². The number of likely N-dealkylation sites (N-methyl/N-ethyl adjacent to an activating group) is 1. The van der Waals surface area contributed by atoms with E-state index in [4.69, 9.17) is 16.3 Å². The van der Waals surface area contributed by atoms with E-state index in [0.717, 1.165) is 12.3 Å². The summed E-state index contributed by atoms with van der Waals surface area (Å²) in [5.41, 5.74) is 0.536. The molecule has 0 aliphatic rings. The van der Waals surface area contributed by atoms with E-state index in [0.29, 0.717) is 5.69 Å². The van der Waals surface area contributed by atoms with Gasteiger partial charge in [-0.05, 0) is 37.3 Å². The average Bonchev–Trinajstić information content (AvgIpc) is 2.60. The van der Waals surface area contributed by atoms with Crippen LogP contribution >= 0.6 is 11.6 Å². The quantitative estimate of drug-likeness (QED) is 0.727. The second kappa shape index (κ2) is 7.88. The van der Waals surface area contributed by atoms with Gasteiger partial charge in [-0.3, -0.25) is 4.79 Å². The van der Waals surface area contributed by atoms with Crippen molar-refractivity contribution in [3.05, 3.63) is 59.1 Å². The molecule has 0 aromatic heterocycles. The predicted octanol–water partition coefficient (Wildman–Crippen LogP) is 2.95. The van der Waals surface area contributed by atoms with Crippen LogP contribution in [0.4, 0.5) is 5.69 Å². The van der Waals surface area contributed by atoms with Crippen LogP contribution in [0.5, 0.6) is 0 Å². The maximum atomic E-state index is 12.4. The Morgan fingerprint density at radius 1 is 1.12 bits per heavy atom. The summed E-state index contributed by atoms with van der Waals surface area (Å²) in [5.74, 6) is -1.30. The average molecular weight is 396 g/mol. The van der Waals surface area contributed by atoms with Crippen molar-refractivity contribution in [2.24, 2.45) is 0 Å². The molecule has 26 heavy (non-hydrogen) atoms. The highest BCUT2D eigenvalue weighted by molar-refractivity contribution is 7.90. The fourth-order valence-electron chi connectivity index (χ4n) is 2.22. The Morgan fingerprint density at radius 3 is 2.31 bits per heavy atom. The van der Waals surface area contributed by atoms with Gasteiger partial charge in [-0.1, -0.05) is 29.8 Å². The second-order valence-electron chi connectivity index (χ2n) is 5.69. The van der Waals surface area contributed by atoms with Crippen molar-refractivity contribution < 1.29 is 22.7 Å². The van der Waals surface area contributed by atoms with E-state index in [1.54, 1.807) is 31.3 Å². The van der Waals surface area contributed by atoms with E-state index < -0.39 is 27.8 Å². The summed E-state index contributed by atoms with van der Waals surface area (Å²) in [6.07, 6.45) is -0.0579. The molecule has 138 valence electrons. The van der Waals surface area contributed by atoms with Gasteiger partial charge >= 0.3 is 5.97 Å². The molecule has 0 spiro atoms. The number of halogens is 1. The third kappa shape index (κ3) is 4.62. The fourth-order valence-corrected chi connectivity index (χ4v) is 3.06. The van der Waals surface area contributed by atoms with Crippen molar-refractivity contribution in [2.45, 2.75) is 17.9 Å². The van der Waals surface area contributed by atoms with Crippen LogP contribution in [-0.2, 0) is 19.4 Å². The van der Waals surface area contributed by atoms with Gasteiger partial charge in [-0.15, -0.1) is 0 Å². The van der Waals surface area contributed by atoms with Crippen LogP contribution in [0.25, 0.3) is 0 Å². The van der Waals surface area contributed by atoms with Gasteiger partial charge in [0, 0.05) is 19.0 Å². The molecule has 0 aliphatic carbocycles. The number of rotatable bonds is 5. The van der Waals surface area contributed by atoms with Crippen LogP contribution in [0.15, 0.2) is 53.4 Å². The van der Waals surface area contributed by atoms with Gasteiger partial charge in [0.15, 0.2) is 15.9 Å². The first-order chi connectivity index (χ1) is 12.1. The predicted molar refractivity (Wildman–Crippen MR) is 99.3 cm³/mol. The summed E-state index contributed by atoms with van der Waals surface area (Å²) in [6, 6.07) is 12.6. The molecule has 0 saturated heterocycles. The molecule has 0 fully saturated rings. The molecule has 2 rings (SSSR count). The van der Waals surface area contributed by atoms with Crippen LogP contribution in [-0.4, -0.2) is 39.7 Å². The third-order valence-corrected chi connectivity index (χ3v) is 5.13. The molecule has 8 heteroatoms. The SMILES string of the molecule is C[C@H](OC(=O)c1cc(S(C)(=O)=O)ccc1Cl)C(=O)N(C)c1ccccc1. The molecule has 0 radical (unpaired) electrons. The normalized spacial score (nSPS) is 12.3.